The number of anilines is 1. The molecule has 1 N–H and O–H groups in total. The number of carbonyl (C=O) groups excluding carboxylic acids is 2. The molecule has 3 heterocycles. The summed E-state index contributed by atoms with van der Waals surface area (Å²) in [5.74, 6) is -1.31. The number of carbonyl (C=O) groups is 2. The van der Waals surface area contributed by atoms with Crippen molar-refractivity contribution in [1.29, 1.82) is 0 Å². The van der Waals surface area contributed by atoms with E-state index in [2.05, 4.69) is 10.2 Å². The summed E-state index contributed by atoms with van der Waals surface area (Å²) < 4.78 is 10.8. The van der Waals surface area contributed by atoms with E-state index in [1.54, 1.807) is 37.3 Å². The molecule has 1 aromatic carbocycles. The van der Waals surface area contributed by atoms with Crippen molar-refractivity contribution in [3.05, 3.63) is 70.3 Å². The molecular weight excluding hydrogens is 394 g/mol. The Morgan fingerprint density at radius 3 is 2.79 bits per heavy atom. The average molecular weight is 411 g/mol. The number of nitrogens with zero attached hydrogens (tertiary/aromatic N) is 3. The van der Waals surface area contributed by atoms with E-state index in [0.29, 0.717) is 22.9 Å². The first-order valence-electron chi connectivity index (χ1n) is 8.89. The zero-order valence-corrected chi connectivity index (χ0v) is 16.5. The number of Topliss-reactive ketones (excluding diaryl/α,β-unsaturated/α-hetero) is 1. The van der Waals surface area contributed by atoms with Gasteiger partial charge in [-0.15, -0.1) is 10.2 Å². The SMILES string of the molecule is CCOc1cccc([C@H]2C(C(=O)c3ccco3)=C(O)C(=O)N2c2nnc(C)s2)c1. The summed E-state index contributed by atoms with van der Waals surface area (Å²) >= 11 is 1.19. The second kappa shape index (κ2) is 7.51. The van der Waals surface area contributed by atoms with Crippen molar-refractivity contribution in [3.8, 4) is 5.75 Å². The van der Waals surface area contributed by atoms with Crippen LogP contribution in [0.2, 0.25) is 0 Å². The van der Waals surface area contributed by atoms with Crippen molar-refractivity contribution in [2.24, 2.45) is 0 Å². The Morgan fingerprint density at radius 1 is 1.31 bits per heavy atom. The Labute approximate surface area is 170 Å². The van der Waals surface area contributed by atoms with E-state index < -0.39 is 23.5 Å². The van der Waals surface area contributed by atoms with Gasteiger partial charge >= 0.3 is 0 Å². The minimum atomic E-state index is -0.896. The summed E-state index contributed by atoms with van der Waals surface area (Å²) in [4.78, 5) is 27.3. The molecule has 1 amide bonds. The van der Waals surface area contributed by atoms with Gasteiger partial charge in [-0.05, 0) is 43.7 Å². The van der Waals surface area contributed by atoms with Crippen LogP contribution in [-0.2, 0) is 4.79 Å². The lowest BCUT2D eigenvalue weighted by atomic mass is 9.95. The van der Waals surface area contributed by atoms with E-state index in [1.165, 1.54) is 28.6 Å². The van der Waals surface area contributed by atoms with Gasteiger partial charge in [-0.1, -0.05) is 23.5 Å². The highest BCUT2D eigenvalue weighted by Crippen LogP contribution is 2.43. The lowest BCUT2D eigenvalue weighted by molar-refractivity contribution is -0.117. The lowest BCUT2D eigenvalue weighted by Gasteiger charge is -2.24. The second-order valence-corrected chi connectivity index (χ2v) is 7.42. The van der Waals surface area contributed by atoms with Crippen molar-refractivity contribution in [3.63, 3.8) is 0 Å². The van der Waals surface area contributed by atoms with Gasteiger partial charge in [0.15, 0.2) is 11.5 Å². The number of ether oxygens (including phenoxy) is 1. The maximum Gasteiger partial charge on any atom is 0.296 e. The number of amides is 1. The highest BCUT2D eigenvalue weighted by atomic mass is 32.1. The van der Waals surface area contributed by atoms with Crippen LogP contribution in [0.15, 0.2) is 58.4 Å². The van der Waals surface area contributed by atoms with Crippen LogP contribution < -0.4 is 9.64 Å². The monoisotopic (exact) mass is 411 g/mol. The smallest absolute Gasteiger partial charge is 0.296 e. The summed E-state index contributed by atoms with van der Waals surface area (Å²) in [6.07, 6.45) is 1.36. The van der Waals surface area contributed by atoms with E-state index in [-0.39, 0.29) is 16.5 Å². The molecule has 0 bridgehead atoms. The van der Waals surface area contributed by atoms with Crippen molar-refractivity contribution in [2.75, 3.05) is 11.5 Å². The Bertz CT molecular complexity index is 1100. The van der Waals surface area contributed by atoms with Crippen molar-refractivity contribution in [2.45, 2.75) is 19.9 Å². The largest absolute Gasteiger partial charge is 0.503 e. The molecule has 8 nitrogen and oxygen atoms in total. The fourth-order valence-electron chi connectivity index (χ4n) is 3.21. The molecule has 0 spiro atoms. The molecule has 29 heavy (non-hydrogen) atoms. The molecular formula is C20H17N3O5S. The minimum absolute atomic E-state index is 0.0283. The minimum Gasteiger partial charge on any atom is -0.503 e. The number of aliphatic hydroxyl groups excluding tert-OH is 1. The van der Waals surface area contributed by atoms with Crippen LogP contribution in [0, 0.1) is 6.92 Å². The molecule has 1 aliphatic rings. The van der Waals surface area contributed by atoms with Gasteiger partial charge in [-0.25, -0.2) is 0 Å². The summed E-state index contributed by atoms with van der Waals surface area (Å²) in [6, 6.07) is 9.19. The Morgan fingerprint density at radius 2 is 2.14 bits per heavy atom. The van der Waals surface area contributed by atoms with E-state index in [9.17, 15) is 14.7 Å². The average Bonchev–Trinajstić information content (AvgIpc) is 3.43. The molecule has 0 unspecified atom stereocenters. The number of aryl methyl sites for hydroxylation is 1. The summed E-state index contributed by atoms with van der Waals surface area (Å²) in [7, 11) is 0. The van der Waals surface area contributed by atoms with Gasteiger partial charge < -0.3 is 14.3 Å². The van der Waals surface area contributed by atoms with Gasteiger partial charge in [0.25, 0.3) is 5.91 Å². The third kappa shape index (κ3) is 3.29. The second-order valence-electron chi connectivity index (χ2n) is 6.26. The first-order chi connectivity index (χ1) is 14.0. The molecule has 9 heteroatoms. The molecule has 1 atom stereocenters. The van der Waals surface area contributed by atoms with Gasteiger partial charge in [-0.2, -0.15) is 0 Å². The molecule has 0 saturated carbocycles. The normalized spacial score (nSPS) is 16.6. The summed E-state index contributed by atoms with van der Waals surface area (Å²) in [5.41, 5.74) is 0.516. The Hall–Kier alpha value is -3.46. The van der Waals surface area contributed by atoms with E-state index in [1.807, 2.05) is 6.92 Å². The maximum atomic E-state index is 13.1. The topological polar surface area (TPSA) is 106 Å². The molecule has 4 rings (SSSR count). The van der Waals surface area contributed by atoms with Gasteiger partial charge in [0.1, 0.15) is 10.8 Å². The van der Waals surface area contributed by atoms with Crippen LogP contribution in [-0.4, -0.2) is 33.6 Å². The molecule has 3 aromatic rings. The number of aliphatic hydroxyl groups is 1. The maximum absolute atomic E-state index is 13.1. The van der Waals surface area contributed by atoms with Crippen LogP contribution in [0.3, 0.4) is 0 Å². The predicted octanol–water partition coefficient (Wildman–Crippen LogP) is 3.62. The van der Waals surface area contributed by atoms with E-state index >= 15 is 0 Å². The van der Waals surface area contributed by atoms with E-state index in [4.69, 9.17) is 9.15 Å². The van der Waals surface area contributed by atoms with Crippen molar-refractivity contribution >= 4 is 28.2 Å². The van der Waals surface area contributed by atoms with Crippen LogP contribution in [0.25, 0.3) is 0 Å². The Kier molecular flexibility index (Phi) is 4.89. The fourth-order valence-corrected chi connectivity index (χ4v) is 3.93. The van der Waals surface area contributed by atoms with Crippen LogP contribution in [0.5, 0.6) is 5.75 Å². The number of benzene rings is 1. The van der Waals surface area contributed by atoms with Crippen molar-refractivity contribution in [1.82, 2.24) is 10.2 Å². The quantitative estimate of drug-likeness (QED) is 0.618. The molecule has 1 aliphatic heterocycles. The predicted molar refractivity (Wildman–Crippen MR) is 105 cm³/mol. The third-order valence-corrected chi connectivity index (χ3v) is 5.24. The highest BCUT2D eigenvalue weighted by Gasteiger charge is 2.46. The number of hydrogen-bond donors (Lipinski definition) is 1. The fraction of sp³-hybridized carbons (Fsp3) is 0.200. The number of ketones is 1. The number of rotatable bonds is 6. The van der Waals surface area contributed by atoms with Gasteiger partial charge in [0, 0.05) is 0 Å². The molecule has 0 radical (unpaired) electrons. The molecule has 2 aromatic heterocycles. The Balaban J connectivity index is 1.87. The van der Waals surface area contributed by atoms with Crippen LogP contribution >= 0.6 is 11.3 Å². The lowest BCUT2D eigenvalue weighted by Crippen LogP contribution is -2.31. The summed E-state index contributed by atoms with van der Waals surface area (Å²) in [5, 5.41) is 19.6. The molecule has 0 fully saturated rings. The van der Waals surface area contributed by atoms with Gasteiger partial charge in [-0.3, -0.25) is 14.5 Å². The standard InChI is InChI=1S/C20H17N3O5S/c1-3-27-13-7-4-6-12(10-13)16-15(17(24)14-8-5-9-28-14)18(25)19(26)23(16)20-22-21-11(2)29-20/h4-10,16,25H,3H2,1-2H3/t16-/m0/s1. The third-order valence-electron chi connectivity index (χ3n) is 4.40. The van der Waals surface area contributed by atoms with Crippen molar-refractivity contribution < 1.29 is 23.8 Å². The van der Waals surface area contributed by atoms with Gasteiger partial charge in [0.05, 0.1) is 24.5 Å². The highest BCUT2D eigenvalue weighted by molar-refractivity contribution is 7.15. The number of furan rings is 1. The summed E-state index contributed by atoms with van der Waals surface area (Å²) in [6.45, 7) is 4.08. The zero-order valence-electron chi connectivity index (χ0n) is 15.7. The van der Waals surface area contributed by atoms with Crippen LogP contribution in [0.1, 0.15) is 34.1 Å². The zero-order chi connectivity index (χ0) is 20.5. The molecule has 0 aliphatic carbocycles. The van der Waals surface area contributed by atoms with Crippen LogP contribution in [0.4, 0.5) is 5.13 Å². The first-order valence-corrected chi connectivity index (χ1v) is 9.70. The van der Waals surface area contributed by atoms with Gasteiger partial charge in [0.2, 0.25) is 10.9 Å². The molecule has 0 saturated heterocycles. The number of aromatic nitrogens is 2. The molecule has 148 valence electrons. The first kappa shape index (κ1) is 18.9. The van der Waals surface area contributed by atoms with E-state index in [0.717, 1.165) is 0 Å². The number of hydrogen-bond acceptors (Lipinski definition) is 8.